The zero-order valence-electron chi connectivity index (χ0n) is 13.1. The van der Waals surface area contributed by atoms with Gasteiger partial charge in [-0.05, 0) is 12.3 Å². The highest BCUT2D eigenvalue weighted by Gasteiger charge is 2.21. The third kappa shape index (κ3) is 3.15. The molecule has 0 aromatic carbocycles. The van der Waals surface area contributed by atoms with Crippen molar-refractivity contribution in [1.82, 2.24) is 24.4 Å². The molecule has 2 aromatic heterocycles. The summed E-state index contributed by atoms with van der Waals surface area (Å²) in [6.07, 6.45) is 4.72. The third-order valence-electron chi connectivity index (χ3n) is 3.75. The first-order valence-corrected chi connectivity index (χ1v) is 7.50. The van der Waals surface area contributed by atoms with Gasteiger partial charge in [-0.3, -0.25) is 0 Å². The summed E-state index contributed by atoms with van der Waals surface area (Å²) in [4.78, 5) is 27.5. The van der Waals surface area contributed by atoms with Crippen LogP contribution >= 0.6 is 0 Å². The number of carboxylic acid groups (broad SMARTS) is 1. The summed E-state index contributed by atoms with van der Waals surface area (Å²) >= 11 is 0. The van der Waals surface area contributed by atoms with Gasteiger partial charge >= 0.3 is 11.7 Å². The second-order valence-electron chi connectivity index (χ2n) is 5.62. The maximum absolute atomic E-state index is 12.2. The molecular formula is C14H21N5O3. The molecular weight excluding hydrogens is 286 g/mol. The first kappa shape index (κ1) is 16.1. The van der Waals surface area contributed by atoms with E-state index in [0.29, 0.717) is 18.2 Å². The van der Waals surface area contributed by atoms with Crippen molar-refractivity contribution in [3.8, 4) is 0 Å². The van der Waals surface area contributed by atoms with E-state index in [1.165, 1.54) is 11.4 Å². The Morgan fingerprint density at radius 1 is 1.36 bits per heavy atom. The fourth-order valence-electron chi connectivity index (χ4n) is 2.60. The van der Waals surface area contributed by atoms with E-state index >= 15 is 0 Å². The van der Waals surface area contributed by atoms with Gasteiger partial charge in [-0.15, -0.1) is 5.10 Å². The van der Waals surface area contributed by atoms with Crippen LogP contribution in [0.1, 0.15) is 55.8 Å². The number of carbonyl (C=O) groups is 1. The number of carboxylic acids is 1. The zero-order chi connectivity index (χ0) is 16.3. The lowest BCUT2D eigenvalue weighted by atomic mass is 9.99. The Morgan fingerprint density at radius 3 is 2.73 bits per heavy atom. The number of hydrogen-bond donors (Lipinski definition) is 1. The lowest BCUT2D eigenvalue weighted by Gasteiger charge is -2.08. The Labute approximate surface area is 127 Å². The summed E-state index contributed by atoms with van der Waals surface area (Å²) in [5, 5.41) is 16.6. The standard InChI is InChI=1S/C14H21N5O3/c1-4-6-9(2)7-5-8-10-15-11(13(20)21)12-16-17-18(3)14(22)19(10)12/h9H,4-8H2,1-3H3,(H,20,21). The number of fused-ring (bicyclic) bond motifs is 1. The average molecular weight is 307 g/mol. The monoisotopic (exact) mass is 307 g/mol. The van der Waals surface area contributed by atoms with E-state index in [-0.39, 0.29) is 11.3 Å². The molecule has 8 nitrogen and oxygen atoms in total. The number of rotatable bonds is 7. The fourth-order valence-corrected chi connectivity index (χ4v) is 2.60. The molecule has 0 aliphatic heterocycles. The number of aromatic carboxylic acids is 1. The molecule has 2 aromatic rings. The van der Waals surface area contributed by atoms with Gasteiger partial charge in [-0.25, -0.2) is 19.0 Å². The van der Waals surface area contributed by atoms with E-state index in [0.717, 1.165) is 30.4 Å². The predicted octanol–water partition coefficient (Wildman–Crippen LogP) is 1.28. The van der Waals surface area contributed by atoms with Crippen LogP contribution in [0.3, 0.4) is 0 Å². The van der Waals surface area contributed by atoms with E-state index in [2.05, 4.69) is 29.1 Å². The van der Waals surface area contributed by atoms with Gasteiger partial charge in [0, 0.05) is 13.5 Å². The molecule has 0 aliphatic rings. The van der Waals surface area contributed by atoms with Crippen LogP contribution in [0.4, 0.5) is 0 Å². The van der Waals surface area contributed by atoms with Crippen LogP contribution in [0, 0.1) is 5.92 Å². The molecule has 8 heteroatoms. The minimum Gasteiger partial charge on any atom is -0.476 e. The Bertz CT molecular complexity index is 734. The van der Waals surface area contributed by atoms with Gasteiger partial charge in [0.15, 0.2) is 11.3 Å². The van der Waals surface area contributed by atoms with Crippen LogP contribution in [0.25, 0.3) is 5.65 Å². The van der Waals surface area contributed by atoms with E-state index < -0.39 is 11.7 Å². The molecule has 120 valence electrons. The van der Waals surface area contributed by atoms with Gasteiger partial charge in [-0.1, -0.05) is 38.3 Å². The number of hydrogen-bond acceptors (Lipinski definition) is 5. The molecule has 0 bridgehead atoms. The summed E-state index contributed by atoms with van der Waals surface area (Å²) in [5.41, 5.74) is -0.643. The van der Waals surface area contributed by atoms with Crippen LogP contribution in [-0.2, 0) is 13.5 Å². The summed E-state index contributed by atoms with van der Waals surface area (Å²) in [7, 11) is 1.47. The molecule has 0 spiro atoms. The highest BCUT2D eigenvalue weighted by Crippen LogP contribution is 2.15. The SMILES string of the molecule is CCCC(C)CCCc1nc(C(=O)O)c2nnn(C)c(=O)n12. The van der Waals surface area contributed by atoms with Crippen molar-refractivity contribution in [3.63, 3.8) is 0 Å². The molecule has 0 radical (unpaired) electrons. The molecule has 0 saturated heterocycles. The van der Waals surface area contributed by atoms with E-state index in [4.69, 9.17) is 0 Å². The van der Waals surface area contributed by atoms with Crippen molar-refractivity contribution in [2.45, 2.75) is 46.0 Å². The summed E-state index contributed by atoms with van der Waals surface area (Å²) in [6.45, 7) is 4.35. The van der Waals surface area contributed by atoms with Crippen molar-refractivity contribution in [2.24, 2.45) is 13.0 Å². The van der Waals surface area contributed by atoms with Crippen molar-refractivity contribution < 1.29 is 9.90 Å². The highest BCUT2D eigenvalue weighted by molar-refractivity contribution is 5.92. The smallest absolute Gasteiger partial charge is 0.358 e. The third-order valence-corrected chi connectivity index (χ3v) is 3.75. The lowest BCUT2D eigenvalue weighted by Crippen LogP contribution is -2.29. The predicted molar refractivity (Wildman–Crippen MR) is 80.0 cm³/mol. The van der Waals surface area contributed by atoms with E-state index in [1.54, 1.807) is 0 Å². The zero-order valence-corrected chi connectivity index (χ0v) is 13.1. The second kappa shape index (κ2) is 6.67. The minimum absolute atomic E-state index is 0.00667. The maximum Gasteiger partial charge on any atom is 0.358 e. The van der Waals surface area contributed by atoms with Gasteiger partial charge in [0.2, 0.25) is 0 Å². The van der Waals surface area contributed by atoms with Gasteiger partial charge in [0.1, 0.15) is 5.82 Å². The quantitative estimate of drug-likeness (QED) is 0.826. The number of nitrogens with zero attached hydrogens (tertiary/aromatic N) is 5. The Balaban J connectivity index is 2.31. The maximum atomic E-state index is 12.2. The second-order valence-corrected chi connectivity index (χ2v) is 5.62. The highest BCUT2D eigenvalue weighted by atomic mass is 16.4. The molecule has 2 rings (SSSR count). The van der Waals surface area contributed by atoms with Crippen molar-refractivity contribution in [3.05, 3.63) is 22.0 Å². The van der Waals surface area contributed by atoms with Crippen molar-refractivity contribution in [2.75, 3.05) is 0 Å². The topological polar surface area (TPSA) is 102 Å². The van der Waals surface area contributed by atoms with Gasteiger partial charge in [-0.2, -0.15) is 4.68 Å². The van der Waals surface area contributed by atoms with Gasteiger partial charge in [0.05, 0.1) is 0 Å². The molecule has 2 heterocycles. The van der Waals surface area contributed by atoms with Crippen LogP contribution < -0.4 is 5.69 Å². The molecule has 1 atom stereocenters. The lowest BCUT2D eigenvalue weighted by molar-refractivity contribution is 0.0692. The van der Waals surface area contributed by atoms with Crippen LogP contribution in [0.15, 0.2) is 4.79 Å². The van der Waals surface area contributed by atoms with Crippen LogP contribution in [0.2, 0.25) is 0 Å². The normalized spacial score (nSPS) is 12.7. The molecule has 1 N–H and O–H groups in total. The number of imidazole rings is 1. The molecule has 22 heavy (non-hydrogen) atoms. The summed E-state index contributed by atoms with van der Waals surface area (Å²) in [5.74, 6) is -0.157. The number of aryl methyl sites for hydroxylation is 2. The summed E-state index contributed by atoms with van der Waals surface area (Å²) in [6, 6.07) is 0. The minimum atomic E-state index is -1.20. The molecule has 0 aliphatic carbocycles. The van der Waals surface area contributed by atoms with E-state index in [9.17, 15) is 14.7 Å². The van der Waals surface area contributed by atoms with Crippen LogP contribution in [-0.4, -0.2) is 35.5 Å². The Kier molecular flexibility index (Phi) is 4.89. The Hall–Kier alpha value is -2.25. The Morgan fingerprint density at radius 2 is 2.09 bits per heavy atom. The van der Waals surface area contributed by atoms with Gasteiger partial charge < -0.3 is 5.11 Å². The average Bonchev–Trinajstić information content (AvgIpc) is 2.83. The van der Waals surface area contributed by atoms with E-state index in [1.807, 2.05) is 0 Å². The first-order chi connectivity index (χ1) is 10.5. The van der Waals surface area contributed by atoms with Crippen molar-refractivity contribution >= 4 is 11.6 Å². The fraction of sp³-hybridized carbons (Fsp3) is 0.643. The summed E-state index contributed by atoms with van der Waals surface area (Å²) < 4.78 is 2.32. The van der Waals surface area contributed by atoms with Crippen LogP contribution in [0.5, 0.6) is 0 Å². The molecule has 0 saturated carbocycles. The largest absolute Gasteiger partial charge is 0.476 e. The van der Waals surface area contributed by atoms with Gasteiger partial charge in [0.25, 0.3) is 0 Å². The van der Waals surface area contributed by atoms with Crippen molar-refractivity contribution in [1.29, 1.82) is 0 Å². The number of aromatic nitrogens is 5. The first-order valence-electron chi connectivity index (χ1n) is 7.50. The molecule has 0 fully saturated rings. The molecule has 0 amide bonds. The molecule has 1 unspecified atom stereocenters.